The van der Waals surface area contributed by atoms with Crippen molar-refractivity contribution in [2.75, 3.05) is 0 Å². The second-order valence-corrected chi connectivity index (χ2v) is 5.20. The molecule has 0 atom stereocenters. The van der Waals surface area contributed by atoms with Crippen molar-refractivity contribution in [2.24, 2.45) is 0 Å². The lowest BCUT2D eigenvalue weighted by molar-refractivity contribution is -0.131. The summed E-state index contributed by atoms with van der Waals surface area (Å²) in [7, 11) is 0. The monoisotopic (exact) mass is 316 g/mol. The number of hydrogen-bond acceptors (Lipinski definition) is 4. The van der Waals surface area contributed by atoms with Crippen LogP contribution in [0.4, 0.5) is 0 Å². The average molecular weight is 316 g/mol. The molecule has 24 heavy (non-hydrogen) atoms. The fourth-order valence-corrected chi connectivity index (χ4v) is 2.50. The third kappa shape index (κ3) is 2.77. The summed E-state index contributed by atoms with van der Waals surface area (Å²) in [6, 6.07) is 13.9. The predicted molar refractivity (Wildman–Crippen MR) is 88.0 cm³/mol. The van der Waals surface area contributed by atoms with E-state index in [1.165, 1.54) is 12.2 Å². The van der Waals surface area contributed by atoms with E-state index in [1.54, 1.807) is 60.7 Å². The number of allylic oxidation sites excluding steroid dienone is 4. The molecule has 116 valence electrons. The zero-order chi connectivity index (χ0) is 17.1. The Morgan fingerprint density at radius 2 is 0.750 bits per heavy atom. The third-order valence-electron chi connectivity index (χ3n) is 3.68. The number of fused-ring (bicyclic) bond motifs is 2. The first kappa shape index (κ1) is 15.5. The van der Waals surface area contributed by atoms with Crippen LogP contribution in [0, 0.1) is 0 Å². The van der Waals surface area contributed by atoms with Gasteiger partial charge in [-0.05, 0) is 12.2 Å². The van der Waals surface area contributed by atoms with Crippen LogP contribution in [0.15, 0.2) is 72.8 Å². The van der Waals surface area contributed by atoms with Gasteiger partial charge in [0.15, 0.2) is 11.6 Å². The Labute approximate surface area is 138 Å². The van der Waals surface area contributed by atoms with Gasteiger partial charge in [-0.2, -0.15) is 0 Å². The number of carbonyl (C=O) groups is 4. The van der Waals surface area contributed by atoms with Crippen LogP contribution in [0.25, 0.3) is 0 Å². The molecular weight excluding hydrogens is 304 g/mol. The minimum Gasteiger partial charge on any atom is -0.289 e. The zero-order valence-corrected chi connectivity index (χ0v) is 12.6. The highest BCUT2D eigenvalue weighted by Crippen LogP contribution is 2.26. The van der Waals surface area contributed by atoms with E-state index in [2.05, 4.69) is 0 Å². The minimum absolute atomic E-state index is 0.0641. The van der Waals surface area contributed by atoms with E-state index in [1.807, 2.05) is 0 Å². The normalized spacial score (nSPS) is 14.7. The second-order valence-electron chi connectivity index (χ2n) is 5.20. The van der Waals surface area contributed by atoms with Crippen molar-refractivity contribution in [1.82, 2.24) is 0 Å². The van der Waals surface area contributed by atoms with Crippen molar-refractivity contribution in [3.63, 3.8) is 0 Å². The van der Waals surface area contributed by atoms with Crippen molar-refractivity contribution in [1.29, 1.82) is 0 Å². The van der Waals surface area contributed by atoms with Crippen LogP contribution in [0.3, 0.4) is 0 Å². The highest BCUT2D eigenvalue weighted by molar-refractivity contribution is 6.46. The van der Waals surface area contributed by atoms with Gasteiger partial charge in [-0.15, -0.1) is 0 Å². The van der Waals surface area contributed by atoms with E-state index < -0.39 is 11.6 Å². The fraction of sp³-hybridized carbons (Fsp3) is 0. The Balaban J connectivity index is 0.000000179. The van der Waals surface area contributed by atoms with Gasteiger partial charge in [0.25, 0.3) is 0 Å². The van der Waals surface area contributed by atoms with Crippen molar-refractivity contribution < 1.29 is 19.2 Å². The number of ketones is 4. The SMILES string of the molecule is O=C1C=CC=CC1=O.O=C1c2ccccc2C(=O)c2ccccc21. The Kier molecular flexibility index (Phi) is 4.12. The van der Waals surface area contributed by atoms with Crippen LogP contribution < -0.4 is 0 Å². The van der Waals surface area contributed by atoms with Crippen LogP contribution in [-0.2, 0) is 9.59 Å². The minimum atomic E-state index is -0.437. The van der Waals surface area contributed by atoms with Gasteiger partial charge in [0.1, 0.15) is 0 Å². The first-order chi connectivity index (χ1) is 11.6. The lowest BCUT2D eigenvalue weighted by atomic mass is 9.84. The van der Waals surface area contributed by atoms with Crippen LogP contribution in [-0.4, -0.2) is 23.1 Å². The molecule has 0 bridgehead atoms. The molecule has 2 aliphatic carbocycles. The molecule has 4 nitrogen and oxygen atoms in total. The highest BCUT2D eigenvalue weighted by Gasteiger charge is 2.28. The number of benzene rings is 2. The highest BCUT2D eigenvalue weighted by atomic mass is 16.2. The maximum absolute atomic E-state index is 12.1. The van der Waals surface area contributed by atoms with Gasteiger partial charge < -0.3 is 0 Å². The average Bonchev–Trinajstić information content (AvgIpc) is 2.63. The first-order valence-corrected chi connectivity index (χ1v) is 7.30. The van der Waals surface area contributed by atoms with Gasteiger partial charge in [0, 0.05) is 22.3 Å². The van der Waals surface area contributed by atoms with Gasteiger partial charge in [-0.25, -0.2) is 0 Å². The molecule has 0 heterocycles. The van der Waals surface area contributed by atoms with Crippen LogP contribution in [0.5, 0.6) is 0 Å². The molecule has 0 N–H and O–H groups in total. The van der Waals surface area contributed by atoms with Gasteiger partial charge in [-0.1, -0.05) is 60.7 Å². The Hall–Kier alpha value is -3.40. The van der Waals surface area contributed by atoms with E-state index in [-0.39, 0.29) is 11.6 Å². The summed E-state index contributed by atoms with van der Waals surface area (Å²) < 4.78 is 0. The van der Waals surface area contributed by atoms with E-state index in [4.69, 9.17) is 0 Å². The Bertz CT molecular complexity index is 805. The number of rotatable bonds is 0. The predicted octanol–water partition coefficient (Wildman–Crippen LogP) is 2.71. The fourth-order valence-electron chi connectivity index (χ4n) is 2.50. The molecule has 0 spiro atoms. The van der Waals surface area contributed by atoms with E-state index in [0.717, 1.165) is 0 Å². The first-order valence-electron chi connectivity index (χ1n) is 7.30. The summed E-state index contributed by atoms with van der Waals surface area (Å²) in [5.74, 6) is -1.00. The quantitative estimate of drug-likeness (QED) is 0.472. The van der Waals surface area contributed by atoms with E-state index in [9.17, 15) is 19.2 Å². The molecule has 0 unspecified atom stereocenters. The molecule has 0 aromatic heterocycles. The summed E-state index contributed by atoms with van der Waals surface area (Å²) >= 11 is 0. The van der Waals surface area contributed by atoms with Gasteiger partial charge in [0.05, 0.1) is 0 Å². The molecule has 2 aromatic rings. The molecule has 0 saturated carbocycles. The molecule has 0 aliphatic heterocycles. The molecule has 0 saturated heterocycles. The van der Waals surface area contributed by atoms with Crippen molar-refractivity contribution in [2.45, 2.75) is 0 Å². The topological polar surface area (TPSA) is 68.3 Å². The molecule has 0 radical (unpaired) electrons. The summed E-state index contributed by atoms with van der Waals surface area (Å²) in [4.78, 5) is 44.8. The molecule has 2 aromatic carbocycles. The lowest BCUT2D eigenvalue weighted by Crippen LogP contribution is -2.20. The smallest absolute Gasteiger partial charge is 0.225 e. The summed E-state index contributed by atoms with van der Waals surface area (Å²) in [6.07, 6.45) is 5.60. The second kappa shape index (κ2) is 6.38. The molecule has 0 amide bonds. The number of hydrogen-bond donors (Lipinski definition) is 0. The summed E-state index contributed by atoms with van der Waals surface area (Å²) in [6.45, 7) is 0. The van der Waals surface area contributed by atoms with Crippen LogP contribution in [0.1, 0.15) is 31.8 Å². The summed E-state index contributed by atoms with van der Waals surface area (Å²) in [5.41, 5.74) is 2.02. The van der Waals surface area contributed by atoms with Gasteiger partial charge >= 0.3 is 0 Å². The molecular formula is C20H12O4. The third-order valence-corrected chi connectivity index (χ3v) is 3.68. The van der Waals surface area contributed by atoms with E-state index in [0.29, 0.717) is 22.3 Å². The maximum atomic E-state index is 12.1. The lowest BCUT2D eigenvalue weighted by Gasteiger charge is -2.16. The Morgan fingerprint density at radius 3 is 1.00 bits per heavy atom. The van der Waals surface area contributed by atoms with Gasteiger partial charge in [0.2, 0.25) is 11.6 Å². The van der Waals surface area contributed by atoms with Crippen molar-refractivity contribution >= 4 is 23.1 Å². The van der Waals surface area contributed by atoms with Crippen LogP contribution in [0.2, 0.25) is 0 Å². The van der Waals surface area contributed by atoms with Gasteiger partial charge in [-0.3, -0.25) is 19.2 Å². The molecule has 0 fully saturated rings. The standard InChI is InChI=1S/C14H8O2.C6H4O2/c15-13-9-5-1-2-6-10(9)14(16)12-8-4-3-7-11(12)13;7-5-3-1-2-4-6(5)8/h1-8H;1-4H. The molecule has 2 aliphatic rings. The van der Waals surface area contributed by atoms with Crippen LogP contribution >= 0.6 is 0 Å². The zero-order valence-electron chi connectivity index (χ0n) is 12.6. The molecule has 4 heteroatoms. The largest absolute Gasteiger partial charge is 0.289 e. The van der Waals surface area contributed by atoms with E-state index >= 15 is 0 Å². The maximum Gasteiger partial charge on any atom is 0.225 e. The number of carbonyl (C=O) groups excluding carboxylic acids is 4. The molecule has 4 rings (SSSR count). The summed E-state index contributed by atoms with van der Waals surface area (Å²) in [5, 5.41) is 0. The van der Waals surface area contributed by atoms with Crippen molar-refractivity contribution in [3.8, 4) is 0 Å². The Morgan fingerprint density at radius 1 is 0.458 bits per heavy atom. The van der Waals surface area contributed by atoms with Crippen molar-refractivity contribution in [3.05, 3.63) is 95.1 Å².